The average molecular weight is 408 g/mol. The lowest BCUT2D eigenvalue weighted by Crippen LogP contribution is -2.49. The normalized spacial score (nSPS) is 18.7. The smallest absolute Gasteiger partial charge is 0.234 e. The SMILES string of the molecule is COc1ccc(C(NC(=O)CN2CCN(Cc3cccc(C)c3)CC2)C2CC2)cc1. The van der Waals surface area contributed by atoms with Gasteiger partial charge in [-0.1, -0.05) is 42.0 Å². The quantitative estimate of drug-likeness (QED) is 0.729. The molecule has 5 nitrogen and oxygen atoms in total. The first-order valence-corrected chi connectivity index (χ1v) is 11.0. The van der Waals surface area contributed by atoms with Crippen molar-refractivity contribution in [2.75, 3.05) is 39.8 Å². The summed E-state index contributed by atoms with van der Waals surface area (Å²) in [6.45, 7) is 7.50. The Kier molecular flexibility index (Phi) is 6.70. The lowest BCUT2D eigenvalue weighted by molar-refractivity contribution is -0.123. The Morgan fingerprint density at radius 3 is 2.40 bits per heavy atom. The highest BCUT2D eigenvalue weighted by molar-refractivity contribution is 5.78. The summed E-state index contributed by atoms with van der Waals surface area (Å²) in [6, 6.07) is 16.9. The summed E-state index contributed by atoms with van der Waals surface area (Å²) in [5, 5.41) is 3.30. The van der Waals surface area contributed by atoms with E-state index in [0.29, 0.717) is 12.5 Å². The van der Waals surface area contributed by atoms with Crippen LogP contribution >= 0.6 is 0 Å². The van der Waals surface area contributed by atoms with E-state index in [-0.39, 0.29) is 11.9 Å². The molecule has 1 aliphatic heterocycles. The number of hydrogen-bond donors (Lipinski definition) is 1. The number of carbonyl (C=O) groups is 1. The molecule has 2 fully saturated rings. The monoisotopic (exact) mass is 407 g/mol. The third kappa shape index (κ3) is 5.61. The topological polar surface area (TPSA) is 44.8 Å². The second-order valence-electron chi connectivity index (χ2n) is 8.70. The third-order valence-corrected chi connectivity index (χ3v) is 6.21. The summed E-state index contributed by atoms with van der Waals surface area (Å²) in [6.07, 6.45) is 2.38. The minimum absolute atomic E-state index is 0.117. The zero-order valence-corrected chi connectivity index (χ0v) is 18.1. The first-order valence-electron chi connectivity index (χ1n) is 11.0. The first-order chi connectivity index (χ1) is 14.6. The molecule has 4 rings (SSSR count). The Morgan fingerprint density at radius 1 is 1.07 bits per heavy atom. The number of carbonyl (C=O) groups excluding carboxylic acids is 1. The number of ether oxygens (including phenoxy) is 1. The Labute approximate surface area is 180 Å². The van der Waals surface area contributed by atoms with Gasteiger partial charge in [0.15, 0.2) is 0 Å². The van der Waals surface area contributed by atoms with Crippen LogP contribution in [0.3, 0.4) is 0 Å². The summed E-state index contributed by atoms with van der Waals surface area (Å²) >= 11 is 0. The fraction of sp³-hybridized carbons (Fsp3) is 0.480. The third-order valence-electron chi connectivity index (χ3n) is 6.21. The Hall–Kier alpha value is -2.37. The van der Waals surface area contributed by atoms with Gasteiger partial charge < -0.3 is 10.1 Å². The predicted molar refractivity (Wildman–Crippen MR) is 119 cm³/mol. The van der Waals surface area contributed by atoms with Crippen LogP contribution in [0.2, 0.25) is 0 Å². The van der Waals surface area contributed by atoms with Crippen molar-refractivity contribution >= 4 is 5.91 Å². The molecule has 1 unspecified atom stereocenters. The van der Waals surface area contributed by atoms with E-state index in [0.717, 1.165) is 38.5 Å². The number of benzene rings is 2. The standard InChI is InChI=1S/C25H33N3O2/c1-19-4-3-5-20(16-19)17-27-12-14-28(15-13-27)18-24(29)26-25(21-6-7-21)22-8-10-23(30-2)11-9-22/h3-5,8-11,16,21,25H,6-7,12-15,17-18H2,1-2H3,(H,26,29). The van der Waals surface area contributed by atoms with Crippen molar-refractivity contribution in [3.05, 3.63) is 65.2 Å². The van der Waals surface area contributed by atoms with Gasteiger partial charge in [0.1, 0.15) is 5.75 Å². The number of aryl methyl sites for hydroxylation is 1. The molecule has 1 saturated heterocycles. The van der Waals surface area contributed by atoms with Crippen molar-refractivity contribution in [1.82, 2.24) is 15.1 Å². The van der Waals surface area contributed by atoms with Crippen molar-refractivity contribution in [3.8, 4) is 5.75 Å². The fourth-order valence-electron chi connectivity index (χ4n) is 4.31. The van der Waals surface area contributed by atoms with Gasteiger partial charge in [-0.15, -0.1) is 0 Å². The number of rotatable bonds is 8. The van der Waals surface area contributed by atoms with Crippen LogP contribution in [0.1, 0.15) is 35.6 Å². The second kappa shape index (κ2) is 9.63. The number of nitrogens with zero attached hydrogens (tertiary/aromatic N) is 2. The van der Waals surface area contributed by atoms with Crippen LogP contribution in [-0.2, 0) is 11.3 Å². The zero-order chi connectivity index (χ0) is 20.9. The molecular weight excluding hydrogens is 374 g/mol. The molecule has 0 aromatic heterocycles. The van der Waals surface area contributed by atoms with E-state index in [1.54, 1.807) is 7.11 Å². The van der Waals surface area contributed by atoms with E-state index in [4.69, 9.17) is 4.74 Å². The van der Waals surface area contributed by atoms with Crippen molar-refractivity contribution in [3.63, 3.8) is 0 Å². The molecule has 0 radical (unpaired) electrons. The highest BCUT2D eigenvalue weighted by Crippen LogP contribution is 2.41. The summed E-state index contributed by atoms with van der Waals surface area (Å²) in [7, 11) is 1.68. The van der Waals surface area contributed by atoms with Crippen LogP contribution in [0, 0.1) is 12.8 Å². The first kappa shape index (κ1) is 20.9. The second-order valence-corrected chi connectivity index (χ2v) is 8.70. The summed E-state index contributed by atoms with van der Waals surface area (Å²) in [5.41, 5.74) is 3.85. The highest BCUT2D eigenvalue weighted by atomic mass is 16.5. The molecule has 160 valence electrons. The summed E-state index contributed by atoms with van der Waals surface area (Å²) in [4.78, 5) is 17.5. The Morgan fingerprint density at radius 2 is 1.77 bits per heavy atom. The minimum Gasteiger partial charge on any atom is -0.497 e. The molecule has 2 aromatic rings. The largest absolute Gasteiger partial charge is 0.497 e. The van der Waals surface area contributed by atoms with Gasteiger partial charge in [0.2, 0.25) is 5.91 Å². The highest BCUT2D eigenvalue weighted by Gasteiger charge is 2.33. The molecule has 0 bridgehead atoms. The average Bonchev–Trinajstić information content (AvgIpc) is 3.59. The molecule has 2 aromatic carbocycles. The molecule has 1 amide bonds. The van der Waals surface area contributed by atoms with Gasteiger partial charge in [-0.2, -0.15) is 0 Å². The molecule has 30 heavy (non-hydrogen) atoms. The van der Waals surface area contributed by atoms with Gasteiger partial charge in [0.25, 0.3) is 0 Å². The molecule has 1 atom stereocenters. The van der Waals surface area contributed by atoms with Crippen LogP contribution in [0.5, 0.6) is 5.75 Å². The molecule has 1 N–H and O–H groups in total. The van der Waals surface area contributed by atoms with Gasteiger partial charge >= 0.3 is 0 Å². The molecule has 5 heteroatoms. The zero-order valence-electron chi connectivity index (χ0n) is 18.1. The van der Waals surface area contributed by atoms with Gasteiger partial charge in [-0.05, 0) is 48.9 Å². The Balaban J connectivity index is 1.25. The maximum Gasteiger partial charge on any atom is 0.234 e. The lowest BCUT2D eigenvalue weighted by Gasteiger charge is -2.34. The molecule has 1 aliphatic carbocycles. The van der Waals surface area contributed by atoms with Crippen LogP contribution in [-0.4, -0.2) is 55.5 Å². The van der Waals surface area contributed by atoms with Crippen LogP contribution in [0.25, 0.3) is 0 Å². The molecule has 1 saturated carbocycles. The van der Waals surface area contributed by atoms with E-state index in [2.05, 4.69) is 58.4 Å². The van der Waals surface area contributed by atoms with Crippen molar-refractivity contribution in [2.24, 2.45) is 5.92 Å². The van der Waals surface area contributed by atoms with E-state index in [9.17, 15) is 4.79 Å². The minimum atomic E-state index is 0.117. The van der Waals surface area contributed by atoms with E-state index >= 15 is 0 Å². The van der Waals surface area contributed by atoms with Gasteiger partial charge in [0.05, 0.1) is 19.7 Å². The van der Waals surface area contributed by atoms with E-state index in [1.165, 1.54) is 29.5 Å². The molecule has 2 aliphatic rings. The predicted octanol–water partition coefficient (Wildman–Crippen LogP) is 3.39. The van der Waals surface area contributed by atoms with Gasteiger partial charge in [-0.25, -0.2) is 0 Å². The fourth-order valence-corrected chi connectivity index (χ4v) is 4.31. The van der Waals surface area contributed by atoms with Gasteiger partial charge in [0, 0.05) is 32.7 Å². The lowest BCUT2D eigenvalue weighted by atomic mass is 10.0. The van der Waals surface area contributed by atoms with Crippen molar-refractivity contribution < 1.29 is 9.53 Å². The summed E-state index contributed by atoms with van der Waals surface area (Å²) < 4.78 is 5.26. The maximum atomic E-state index is 12.8. The molecule has 1 heterocycles. The van der Waals surface area contributed by atoms with Crippen LogP contribution in [0.15, 0.2) is 48.5 Å². The van der Waals surface area contributed by atoms with Gasteiger partial charge in [-0.3, -0.25) is 14.6 Å². The number of nitrogens with one attached hydrogen (secondary N) is 1. The number of methoxy groups -OCH3 is 1. The maximum absolute atomic E-state index is 12.8. The van der Waals surface area contributed by atoms with E-state index in [1.807, 2.05) is 12.1 Å². The number of piperazine rings is 1. The van der Waals surface area contributed by atoms with Crippen molar-refractivity contribution in [1.29, 1.82) is 0 Å². The van der Waals surface area contributed by atoms with Crippen LogP contribution < -0.4 is 10.1 Å². The number of hydrogen-bond acceptors (Lipinski definition) is 4. The van der Waals surface area contributed by atoms with Crippen molar-refractivity contribution in [2.45, 2.75) is 32.4 Å². The summed E-state index contributed by atoms with van der Waals surface area (Å²) in [5.74, 6) is 1.55. The van der Waals surface area contributed by atoms with Crippen LogP contribution in [0.4, 0.5) is 0 Å². The molecular formula is C25H33N3O2. The Bertz CT molecular complexity index is 840. The van der Waals surface area contributed by atoms with E-state index < -0.39 is 0 Å². The number of amides is 1. The molecule has 0 spiro atoms.